The van der Waals surface area contributed by atoms with Gasteiger partial charge in [0.15, 0.2) is 11.5 Å². The monoisotopic (exact) mass is 359 g/mol. The zero-order valence-corrected chi connectivity index (χ0v) is 14.6. The van der Waals surface area contributed by atoms with Gasteiger partial charge in [0.1, 0.15) is 5.82 Å². The third kappa shape index (κ3) is 4.64. The summed E-state index contributed by atoms with van der Waals surface area (Å²) < 4.78 is 26.8. The Hall–Kier alpha value is -2.34. The molecule has 3 rings (SSSR count). The fraction of sp³-hybridized carbons (Fsp3) is 0.400. The fourth-order valence-corrected chi connectivity index (χ4v) is 3.39. The number of nitrogens with zero attached hydrogens (tertiary/aromatic N) is 2. The Morgan fingerprint density at radius 1 is 1.12 bits per heavy atom. The fourth-order valence-electron chi connectivity index (χ4n) is 3.39. The van der Waals surface area contributed by atoms with Crippen LogP contribution >= 0.6 is 0 Å². The predicted octanol–water partition coefficient (Wildman–Crippen LogP) is 3.71. The van der Waals surface area contributed by atoms with Crippen LogP contribution in [0.1, 0.15) is 47.8 Å². The number of hydrogen-bond acceptors (Lipinski definition) is 3. The van der Waals surface area contributed by atoms with Gasteiger partial charge in [-0.05, 0) is 31.5 Å². The minimum absolute atomic E-state index is 0.0155. The zero-order valence-electron chi connectivity index (χ0n) is 14.6. The summed E-state index contributed by atoms with van der Waals surface area (Å²) in [6.45, 7) is 2.29. The van der Waals surface area contributed by atoms with Gasteiger partial charge in [0.05, 0.1) is 12.2 Å². The first-order valence-corrected chi connectivity index (χ1v) is 9.03. The number of benzene rings is 1. The average Bonchev–Trinajstić information content (AvgIpc) is 2.92. The number of aromatic nitrogens is 1. The lowest BCUT2D eigenvalue weighted by Crippen LogP contribution is -2.39. The predicted molar refractivity (Wildman–Crippen MR) is 95.7 cm³/mol. The number of likely N-dealkylation sites (tertiary alicyclic amines) is 1. The van der Waals surface area contributed by atoms with Crippen LogP contribution in [0.25, 0.3) is 0 Å². The topological polar surface area (TPSA) is 45.2 Å². The van der Waals surface area contributed by atoms with E-state index in [1.165, 1.54) is 12.8 Å². The maximum absolute atomic E-state index is 13.8. The normalized spacial score (nSPS) is 16.7. The molecular weight excluding hydrogens is 336 g/mol. The van der Waals surface area contributed by atoms with E-state index in [1.54, 1.807) is 0 Å². The zero-order chi connectivity index (χ0) is 18.4. The van der Waals surface area contributed by atoms with Gasteiger partial charge in [0, 0.05) is 12.6 Å². The van der Waals surface area contributed by atoms with Gasteiger partial charge in [0.25, 0.3) is 5.91 Å². The molecule has 138 valence electrons. The molecule has 0 saturated carbocycles. The number of carbonyl (C=O) groups is 1. The number of rotatable bonds is 5. The summed E-state index contributed by atoms with van der Waals surface area (Å²) in [6, 6.07) is 10.7. The van der Waals surface area contributed by atoms with Gasteiger partial charge in [-0.2, -0.15) is 0 Å². The molecule has 0 aliphatic carbocycles. The number of carbonyl (C=O) groups excluding carboxylic acids is 1. The SMILES string of the molecule is O=C(NC[C@H](c1ccccc1)N1CCCCCC1)c1ncc(F)cc1F. The summed E-state index contributed by atoms with van der Waals surface area (Å²) in [5.74, 6) is -2.38. The number of pyridine rings is 1. The van der Waals surface area contributed by atoms with Crippen LogP contribution in [0.2, 0.25) is 0 Å². The van der Waals surface area contributed by atoms with E-state index in [-0.39, 0.29) is 11.7 Å². The second kappa shape index (κ2) is 8.85. The van der Waals surface area contributed by atoms with Crippen LogP contribution in [0.15, 0.2) is 42.6 Å². The van der Waals surface area contributed by atoms with Gasteiger partial charge >= 0.3 is 0 Å². The molecule has 0 unspecified atom stereocenters. The molecule has 1 atom stereocenters. The van der Waals surface area contributed by atoms with Gasteiger partial charge in [-0.1, -0.05) is 43.2 Å². The van der Waals surface area contributed by atoms with E-state index in [4.69, 9.17) is 0 Å². The second-order valence-corrected chi connectivity index (χ2v) is 6.57. The highest BCUT2D eigenvalue weighted by molar-refractivity contribution is 5.92. The molecule has 1 aromatic heterocycles. The van der Waals surface area contributed by atoms with Crippen LogP contribution in [0.5, 0.6) is 0 Å². The van der Waals surface area contributed by atoms with Crippen molar-refractivity contribution in [2.24, 2.45) is 0 Å². The molecule has 1 fully saturated rings. The van der Waals surface area contributed by atoms with Crippen LogP contribution in [-0.4, -0.2) is 35.4 Å². The first kappa shape index (κ1) is 18.5. The van der Waals surface area contributed by atoms with Gasteiger partial charge in [0.2, 0.25) is 0 Å². The number of amides is 1. The molecule has 1 N–H and O–H groups in total. The molecule has 1 aliphatic rings. The molecule has 0 radical (unpaired) electrons. The van der Waals surface area contributed by atoms with Gasteiger partial charge in [-0.3, -0.25) is 9.69 Å². The summed E-state index contributed by atoms with van der Waals surface area (Å²) in [4.78, 5) is 18.3. The van der Waals surface area contributed by atoms with Crippen molar-refractivity contribution in [3.8, 4) is 0 Å². The van der Waals surface area contributed by atoms with Crippen molar-refractivity contribution in [2.75, 3.05) is 19.6 Å². The smallest absolute Gasteiger partial charge is 0.273 e. The van der Waals surface area contributed by atoms with Crippen LogP contribution < -0.4 is 5.32 Å². The molecule has 1 aromatic carbocycles. The van der Waals surface area contributed by atoms with E-state index in [0.717, 1.165) is 37.7 Å². The lowest BCUT2D eigenvalue weighted by molar-refractivity contribution is 0.0923. The Morgan fingerprint density at radius 2 is 1.81 bits per heavy atom. The van der Waals surface area contributed by atoms with Crippen molar-refractivity contribution in [3.05, 3.63) is 65.5 Å². The first-order chi connectivity index (χ1) is 12.6. The molecule has 2 aromatic rings. The minimum atomic E-state index is -0.950. The number of halogens is 2. The Bertz CT molecular complexity index is 731. The van der Waals surface area contributed by atoms with Crippen LogP contribution in [0.4, 0.5) is 8.78 Å². The Morgan fingerprint density at radius 3 is 2.46 bits per heavy atom. The Balaban J connectivity index is 1.74. The summed E-state index contributed by atoms with van der Waals surface area (Å²) >= 11 is 0. The van der Waals surface area contributed by atoms with Crippen molar-refractivity contribution in [2.45, 2.75) is 31.7 Å². The summed E-state index contributed by atoms with van der Waals surface area (Å²) in [6.07, 6.45) is 5.54. The van der Waals surface area contributed by atoms with E-state index in [9.17, 15) is 13.6 Å². The third-order valence-electron chi connectivity index (χ3n) is 4.74. The lowest BCUT2D eigenvalue weighted by Gasteiger charge is -2.31. The average molecular weight is 359 g/mol. The molecule has 1 saturated heterocycles. The summed E-state index contributed by atoms with van der Waals surface area (Å²) in [5, 5.41) is 2.77. The molecule has 2 heterocycles. The Kier molecular flexibility index (Phi) is 6.28. The van der Waals surface area contributed by atoms with E-state index >= 15 is 0 Å². The van der Waals surface area contributed by atoms with Crippen LogP contribution in [-0.2, 0) is 0 Å². The maximum Gasteiger partial charge on any atom is 0.273 e. The third-order valence-corrected chi connectivity index (χ3v) is 4.74. The number of nitrogens with one attached hydrogen (secondary N) is 1. The van der Waals surface area contributed by atoms with E-state index < -0.39 is 17.5 Å². The molecule has 1 amide bonds. The highest BCUT2D eigenvalue weighted by Crippen LogP contribution is 2.23. The molecule has 0 bridgehead atoms. The van der Waals surface area contributed by atoms with Gasteiger partial charge in [-0.15, -0.1) is 0 Å². The van der Waals surface area contributed by atoms with Crippen molar-refractivity contribution in [1.29, 1.82) is 0 Å². The van der Waals surface area contributed by atoms with Crippen molar-refractivity contribution < 1.29 is 13.6 Å². The highest BCUT2D eigenvalue weighted by atomic mass is 19.1. The molecule has 26 heavy (non-hydrogen) atoms. The Labute approximate surface area is 152 Å². The number of hydrogen-bond donors (Lipinski definition) is 1. The molecule has 0 spiro atoms. The van der Waals surface area contributed by atoms with Crippen molar-refractivity contribution in [1.82, 2.24) is 15.2 Å². The standard InChI is InChI=1S/C20H23F2N3O/c21-16-12-17(22)19(23-13-16)20(26)24-14-18(15-8-4-3-5-9-15)25-10-6-1-2-7-11-25/h3-5,8-9,12-13,18H,1-2,6-7,10-11,14H2,(H,24,26)/t18-/m1/s1. The molecule has 6 heteroatoms. The van der Waals surface area contributed by atoms with E-state index in [2.05, 4.69) is 15.2 Å². The van der Waals surface area contributed by atoms with E-state index in [1.807, 2.05) is 30.3 Å². The lowest BCUT2D eigenvalue weighted by atomic mass is 10.0. The minimum Gasteiger partial charge on any atom is -0.349 e. The van der Waals surface area contributed by atoms with Crippen LogP contribution in [0.3, 0.4) is 0 Å². The van der Waals surface area contributed by atoms with Crippen LogP contribution in [0, 0.1) is 11.6 Å². The van der Waals surface area contributed by atoms with E-state index in [0.29, 0.717) is 12.6 Å². The summed E-state index contributed by atoms with van der Waals surface area (Å²) in [7, 11) is 0. The largest absolute Gasteiger partial charge is 0.349 e. The van der Waals surface area contributed by atoms with Gasteiger partial charge < -0.3 is 5.32 Å². The maximum atomic E-state index is 13.8. The van der Waals surface area contributed by atoms with Gasteiger partial charge in [-0.25, -0.2) is 13.8 Å². The molecule has 4 nitrogen and oxygen atoms in total. The van der Waals surface area contributed by atoms with Crippen molar-refractivity contribution >= 4 is 5.91 Å². The molecular formula is C20H23F2N3O. The quantitative estimate of drug-likeness (QED) is 0.885. The first-order valence-electron chi connectivity index (χ1n) is 9.03. The van der Waals surface area contributed by atoms with Crippen molar-refractivity contribution in [3.63, 3.8) is 0 Å². The highest BCUT2D eigenvalue weighted by Gasteiger charge is 2.23. The summed E-state index contributed by atoms with van der Waals surface area (Å²) in [5.41, 5.74) is 0.733. The molecule has 1 aliphatic heterocycles. The second-order valence-electron chi connectivity index (χ2n) is 6.57.